The van der Waals surface area contributed by atoms with Crippen LogP contribution in [0.25, 0.3) is 0 Å². The predicted molar refractivity (Wildman–Crippen MR) is 129 cm³/mol. The van der Waals surface area contributed by atoms with Crippen LogP contribution < -0.4 is 20.5 Å². The first kappa shape index (κ1) is 26.7. The molecule has 3 amide bonds. The van der Waals surface area contributed by atoms with Crippen molar-refractivity contribution >= 4 is 29.3 Å². The molecular weight excluding hydrogens is 476 g/mol. The topological polar surface area (TPSA) is 114 Å². The quantitative estimate of drug-likeness (QED) is 0.571. The zero-order valence-corrected chi connectivity index (χ0v) is 19.0. The number of hydrazine groups is 1. The number of phenolic OH excluding ortho intramolecular Hbond substituents is 1. The van der Waals surface area contributed by atoms with E-state index in [2.05, 4.69) is 10.7 Å². The second-order valence-corrected chi connectivity index (χ2v) is 8.18. The van der Waals surface area contributed by atoms with Crippen LogP contribution in [0.5, 0.6) is 5.75 Å². The fraction of sp³-hybridized carbons (Fsp3) is 0.375. The van der Waals surface area contributed by atoms with Crippen molar-refractivity contribution in [2.45, 2.75) is 20.5 Å². The van der Waals surface area contributed by atoms with Crippen molar-refractivity contribution in [2.24, 2.45) is 0 Å². The van der Waals surface area contributed by atoms with Gasteiger partial charge < -0.3 is 20.1 Å². The van der Waals surface area contributed by atoms with E-state index in [9.17, 15) is 19.5 Å². The van der Waals surface area contributed by atoms with Crippen molar-refractivity contribution < 1.29 is 33.0 Å². The predicted octanol–water partition coefficient (Wildman–Crippen LogP) is 2.23. The Morgan fingerprint density at radius 3 is 2.53 bits per heavy atom. The summed E-state index contributed by atoms with van der Waals surface area (Å²) in [4.78, 5) is 38.6. The molecule has 2 aromatic carbocycles. The highest BCUT2D eigenvalue weighted by atomic mass is 19.1. The standard InChI is InChI=1S/C23H25F2N5O5.CH4/c1-14(31)26-12-16-13-29(23(34)35-16)15-10-18(24)21(19(25)11-15)28-7-6-27-30(9-8-28)22(33)17-4-2-3-5-20(17)32;/h2-5,10-11,16,27,32H,6-9,12-13H2,1H3,(H,26,31);1H4/t16-;/m0./s1. The van der Waals surface area contributed by atoms with Crippen LogP contribution in [0.4, 0.5) is 25.0 Å². The van der Waals surface area contributed by atoms with E-state index in [0.29, 0.717) is 0 Å². The number of nitrogens with zero attached hydrogens (tertiary/aromatic N) is 3. The Hall–Kier alpha value is -3.93. The van der Waals surface area contributed by atoms with Crippen molar-refractivity contribution in [3.05, 3.63) is 53.6 Å². The number of benzene rings is 2. The molecule has 194 valence electrons. The van der Waals surface area contributed by atoms with Gasteiger partial charge in [-0.3, -0.25) is 19.5 Å². The number of rotatable bonds is 5. The first-order valence-corrected chi connectivity index (χ1v) is 11.0. The van der Waals surface area contributed by atoms with Gasteiger partial charge in [-0.1, -0.05) is 19.6 Å². The summed E-state index contributed by atoms with van der Waals surface area (Å²) in [6.07, 6.45) is -1.40. The SMILES string of the molecule is C.CC(=O)NC[C@H]1CN(c2cc(F)c(N3CCNN(C(=O)c4ccccc4O)CC3)c(F)c2)C(=O)O1. The van der Waals surface area contributed by atoms with E-state index >= 15 is 8.78 Å². The molecule has 2 aliphatic rings. The zero-order valence-electron chi connectivity index (χ0n) is 19.0. The lowest BCUT2D eigenvalue weighted by atomic mass is 10.2. The van der Waals surface area contributed by atoms with Gasteiger partial charge in [0.1, 0.15) is 17.5 Å². The number of hydrogen-bond donors (Lipinski definition) is 3. The number of amides is 3. The van der Waals surface area contributed by atoms with Crippen molar-refractivity contribution in [2.75, 3.05) is 49.1 Å². The first-order valence-electron chi connectivity index (χ1n) is 11.0. The third-order valence-electron chi connectivity index (χ3n) is 5.74. The number of aromatic hydroxyl groups is 1. The third kappa shape index (κ3) is 5.65. The highest BCUT2D eigenvalue weighted by molar-refractivity contribution is 5.96. The molecule has 3 N–H and O–H groups in total. The van der Waals surface area contributed by atoms with Crippen molar-refractivity contribution in [1.29, 1.82) is 0 Å². The maximum absolute atomic E-state index is 15.1. The second-order valence-electron chi connectivity index (χ2n) is 8.18. The molecule has 2 heterocycles. The summed E-state index contributed by atoms with van der Waals surface area (Å²) in [6, 6.07) is 8.24. The summed E-state index contributed by atoms with van der Waals surface area (Å²) < 4.78 is 35.3. The van der Waals surface area contributed by atoms with Crippen LogP contribution >= 0.6 is 0 Å². The molecule has 0 unspecified atom stereocenters. The maximum atomic E-state index is 15.1. The smallest absolute Gasteiger partial charge is 0.414 e. The molecule has 0 saturated carbocycles. The minimum absolute atomic E-state index is 0. The minimum Gasteiger partial charge on any atom is -0.507 e. The van der Waals surface area contributed by atoms with Gasteiger partial charge >= 0.3 is 6.09 Å². The molecule has 2 aromatic rings. The van der Waals surface area contributed by atoms with Crippen LogP contribution in [-0.4, -0.2) is 73.4 Å². The molecular formula is C24H29F2N5O5. The van der Waals surface area contributed by atoms with Crippen LogP contribution in [0.1, 0.15) is 24.7 Å². The van der Waals surface area contributed by atoms with E-state index in [0.717, 1.165) is 17.0 Å². The number of anilines is 2. The molecule has 0 radical (unpaired) electrons. The number of cyclic esters (lactones) is 1. The van der Waals surface area contributed by atoms with Gasteiger partial charge in [-0.15, -0.1) is 0 Å². The number of carbonyl (C=O) groups is 3. The van der Waals surface area contributed by atoms with Gasteiger partial charge in [-0.05, 0) is 12.1 Å². The fourth-order valence-electron chi connectivity index (χ4n) is 4.03. The van der Waals surface area contributed by atoms with Gasteiger partial charge in [0.05, 0.1) is 30.9 Å². The van der Waals surface area contributed by atoms with E-state index in [1.807, 2.05) is 0 Å². The number of hydrogen-bond acceptors (Lipinski definition) is 7. The molecule has 12 heteroatoms. The van der Waals surface area contributed by atoms with Gasteiger partial charge in [0.25, 0.3) is 5.91 Å². The Kier molecular flexibility index (Phi) is 8.30. The molecule has 0 spiro atoms. The summed E-state index contributed by atoms with van der Waals surface area (Å²) in [6.45, 7) is 2.13. The number of halogens is 2. The van der Waals surface area contributed by atoms with E-state index in [1.165, 1.54) is 29.0 Å². The molecule has 2 aliphatic heterocycles. The van der Waals surface area contributed by atoms with Gasteiger partial charge in [0.15, 0.2) is 11.6 Å². The van der Waals surface area contributed by atoms with E-state index in [1.54, 1.807) is 12.1 Å². The van der Waals surface area contributed by atoms with Crippen LogP contribution in [0.15, 0.2) is 36.4 Å². The zero-order chi connectivity index (χ0) is 25.1. The second kappa shape index (κ2) is 11.2. The van der Waals surface area contributed by atoms with Gasteiger partial charge in [-0.25, -0.2) is 19.0 Å². The molecule has 36 heavy (non-hydrogen) atoms. The molecule has 0 aromatic heterocycles. The molecule has 1 atom stereocenters. The summed E-state index contributed by atoms with van der Waals surface area (Å²) in [5, 5.41) is 13.8. The van der Waals surface area contributed by atoms with Crippen LogP contribution in [-0.2, 0) is 9.53 Å². The van der Waals surface area contributed by atoms with Gasteiger partial charge in [0, 0.05) is 38.7 Å². The minimum atomic E-state index is -0.862. The van der Waals surface area contributed by atoms with Crippen molar-refractivity contribution in [3.8, 4) is 5.75 Å². The lowest BCUT2D eigenvalue weighted by Gasteiger charge is -2.25. The normalized spacial score (nSPS) is 17.8. The average Bonchev–Trinajstić information content (AvgIpc) is 3.02. The number of ether oxygens (including phenoxy) is 1. The summed E-state index contributed by atoms with van der Waals surface area (Å²) in [7, 11) is 0. The Morgan fingerprint density at radius 1 is 1.17 bits per heavy atom. The Bertz CT molecular complexity index is 1120. The van der Waals surface area contributed by atoms with E-state index in [-0.39, 0.29) is 75.3 Å². The number of phenols is 1. The third-order valence-corrected chi connectivity index (χ3v) is 5.74. The van der Waals surface area contributed by atoms with Crippen LogP contribution in [0.2, 0.25) is 0 Å². The summed E-state index contributed by atoms with van der Waals surface area (Å²) in [5.74, 6) is -2.62. The number of carbonyl (C=O) groups excluding carboxylic acids is 3. The first-order chi connectivity index (χ1) is 16.7. The lowest BCUT2D eigenvalue weighted by Crippen LogP contribution is -2.43. The number of para-hydroxylation sites is 1. The van der Waals surface area contributed by atoms with Crippen LogP contribution in [0.3, 0.4) is 0 Å². The van der Waals surface area contributed by atoms with E-state index in [4.69, 9.17) is 4.74 Å². The number of nitrogens with one attached hydrogen (secondary N) is 2. The molecule has 4 rings (SSSR count). The average molecular weight is 506 g/mol. The fourth-order valence-corrected chi connectivity index (χ4v) is 4.03. The van der Waals surface area contributed by atoms with E-state index < -0.39 is 29.7 Å². The van der Waals surface area contributed by atoms with Gasteiger partial charge in [0.2, 0.25) is 5.91 Å². The highest BCUT2D eigenvalue weighted by Gasteiger charge is 2.34. The summed E-state index contributed by atoms with van der Waals surface area (Å²) >= 11 is 0. The largest absolute Gasteiger partial charge is 0.507 e. The summed E-state index contributed by atoms with van der Waals surface area (Å²) in [5.41, 5.74) is 2.77. The molecule has 0 bridgehead atoms. The molecule has 0 aliphatic carbocycles. The van der Waals surface area contributed by atoms with Crippen LogP contribution in [0, 0.1) is 11.6 Å². The molecule has 10 nitrogen and oxygen atoms in total. The molecule has 2 saturated heterocycles. The Morgan fingerprint density at radius 2 is 1.86 bits per heavy atom. The monoisotopic (exact) mass is 505 g/mol. The molecule has 2 fully saturated rings. The van der Waals surface area contributed by atoms with Crippen molar-refractivity contribution in [3.63, 3.8) is 0 Å². The van der Waals surface area contributed by atoms with Gasteiger partial charge in [-0.2, -0.15) is 0 Å². The maximum Gasteiger partial charge on any atom is 0.414 e. The Balaban J connectivity index is 0.00000361. The highest BCUT2D eigenvalue weighted by Crippen LogP contribution is 2.31. The lowest BCUT2D eigenvalue weighted by molar-refractivity contribution is -0.119. The van der Waals surface area contributed by atoms with Crippen molar-refractivity contribution in [1.82, 2.24) is 15.8 Å². The Labute approximate surface area is 207 Å².